The van der Waals surface area contributed by atoms with Crippen LogP contribution in [0.4, 0.5) is 0 Å². The Bertz CT molecular complexity index is 1090. The standard InChI is InChI=1S/C25H29NO8/c1-30-13-7-12-26-21(16-8-6-9-18(32-3)24(16)34-5)20(23(28)25(26)29)22(27)15-10-11-17(31-2)19(14-15)33-4/h6,8-11,14,21,27H,7,12-13H2,1-5H3/b22-20+. The SMILES string of the molecule is COCCCN1C(=O)C(=O)/C(=C(/O)c2ccc(OC)c(OC)c2)C1c1cccc(OC)c1OC. The molecule has 0 bridgehead atoms. The van der Waals surface area contributed by atoms with Crippen LogP contribution in [0.1, 0.15) is 23.6 Å². The van der Waals surface area contributed by atoms with Crippen LogP contribution in [0.3, 0.4) is 0 Å². The molecule has 9 heteroatoms. The molecule has 1 aliphatic rings. The lowest BCUT2D eigenvalue weighted by molar-refractivity contribution is -0.140. The van der Waals surface area contributed by atoms with E-state index in [1.807, 2.05) is 0 Å². The summed E-state index contributed by atoms with van der Waals surface area (Å²) in [7, 11) is 7.51. The zero-order valence-electron chi connectivity index (χ0n) is 19.9. The van der Waals surface area contributed by atoms with Gasteiger partial charge in [-0.25, -0.2) is 0 Å². The zero-order valence-corrected chi connectivity index (χ0v) is 19.9. The third-order valence-corrected chi connectivity index (χ3v) is 5.67. The van der Waals surface area contributed by atoms with Crippen molar-refractivity contribution in [2.24, 2.45) is 0 Å². The van der Waals surface area contributed by atoms with Crippen molar-refractivity contribution < 1.29 is 38.4 Å². The molecule has 1 fully saturated rings. The minimum absolute atomic E-state index is 0.0545. The number of aliphatic hydroxyl groups is 1. The van der Waals surface area contributed by atoms with E-state index in [1.54, 1.807) is 43.5 Å². The number of aliphatic hydroxyl groups excluding tert-OH is 1. The Hall–Kier alpha value is -3.72. The number of nitrogens with zero attached hydrogens (tertiary/aromatic N) is 1. The maximum absolute atomic E-state index is 13.2. The van der Waals surface area contributed by atoms with Crippen LogP contribution in [0.15, 0.2) is 42.0 Å². The summed E-state index contributed by atoms with van der Waals surface area (Å²) in [5.41, 5.74) is 0.765. The average molecular weight is 472 g/mol. The first kappa shape index (κ1) is 24.9. The molecule has 34 heavy (non-hydrogen) atoms. The van der Waals surface area contributed by atoms with Crippen LogP contribution in [0.5, 0.6) is 23.0 Å². The van der Waals surface area contributed by atoms with Crippen molar-refractivity contribution in [1.29, 1.82) is 0 Å². The maximum atomic E-state index is 13.2. The highest BCUT2D eigenvalue weighted by molar-refractivity contribution is 6.46. The van der Waals surface area contributed by atoms with Crippen molar-refractivity contribution in [3.63, 3.8) is 0 Å². The Morgan fingerprint density at radius 2 is 1.62 bits per heavy atom. The predicted molar refractivity (Wildman–Crippen MR) is 125 cm³/mol. The summed E-state index contributed by atoms with van der Waals surface area (Å²) in [4.78, 5) is 27.7. The van der Waals surface area contributed by atoms with Crippen LogP contribution in [0.25, 0.3) is 5.76 Å². The fourth-order valence-electron chi connectivity index (χ4n) is 4.08. The van der Waals surface area contributed by atoms with Crippen molar-refractivity contribution in [1.82, 2.24) is 4.90 Å². The summed E-state index contributed by atoms with van der Waals surface area (Å²) in [6.45, 7) is 0.646. The highest BCUT2D eigenvalue weighted by Gasteiger charge is 2.47. The summed E-state index contributed by atoms with van der Waals surface area (Å²) in [5.74, 6) is -0.196. The predicted octanol–water partition coefficient (Wildman–Crippen LogP) is 3.18. The van der Waals surface area contributed by atoms with Gasteiger partial charge in [-0.15, -0.1) is 0 Å². The molecule has 1 saturated heterocycles. The van der Waals surface area contributed by atoms with Gasteiger partial charge in [0.05, 0.1) is 40.1 Å². The first-order valence-corrected chi connectivity index (χ1v) is 10.6. The minimum atomic E-state index is -0.894. The highest BCUT2D eigenvalue weighted by atomic mass is 16.5. The Labute approximate surface area is 198 Å². The molecule has 1 amide bonds. The fourth-order valence-corrected chi connectivity index (χ4v) is 4.08. The summed E-state index contributed by atoms with van der Waals surface area (Å²) in [6, 6.07) is 9.06. The molecule has 1 unspecified atom stereocenters. The molecule has 1 N–H and O–H groups in total. The first-order valence-electron chi connectivity index (χ1n) is 10.6. The second-order valence-corrected chi connectivity index (χ2v) is 7.49. The van der Waals surface area contributed by atoms with Gasteiger partial charge in [0.25, 0.3) is 11.7 Å². The van der Waals surface area contributed by atoms with Crippen molar-refractivity contribution >= 4 is 17.4 Å². The molecule has 0 saturated carbocycles. The van der Waals surface area contributed by atoms with E-state index in [4.69, 9.17) is 23.7 Å². The van der Waals surface area contributed by atoms with Crippen molar-refractivity contribution in [2.75, 3.05) is 48.7 Å². The molecule has 182 valence electrons. The summed E-state index contributed by atoms with van der Waals surface area (Å²) >= 11 is 0. The van der Waals surface area contributed by atoms with Gasteiger partial charge in [-0.05, 0) is 30.7 Å². The summed E-state index contributed by atoms with van der Waals surface area (Å²) in [5, 5.41) is 11.3. The van der Waals surface area contributed by atoms with E-state index in [9.17, 15) is 14.7 Å². The topological polar surface area (TPSA) is 104 Å². The molecule has 2 aromatic rings. The number of carbonyl (C=O) groups is 2. The fraction of sp³-hybridized carbons (Fsp3) is 0.360. The van der Waals surface area contributed by atoms with Gasteiger partial charge < -0.3 is 33.7 Å². The number of hydrogen-bond donors (Lipinski definition) is 1. The van der Waals surface area contributed by atoms with E-state index in [1.165, 1.54) is 33.3 Å². The summed E-state index contributed by atoms with van der Waals surface area (Å²) < 4.78 is 26.7. The maximum Gasteiger partial charge on any atom is 0.295 e. The Morgan fingerprint density at radius 1 is 0.912 bits per heavy atom. The molecule has 3 rings (SSSR count). The average Bonchev–Trinajstić information content (AvgIpc) is 3.12. The molecule has 9 nitrogen and oxygen atoms in total. The second kappa shape index (κ2) is 10.9. The molecule has 0 aliphatic carbocycles. The molecule has 0 spiro atoms. The molecule has 1 atom stereocenters. The normalized spacial score (nSPS) is 17.1. The number of Topliss-reactive ketones (excluding diaryl/α,β-unsaturated/α-hetero) is 1. The van der Waals surface area contributed by atoms with Gasteiger partial charge in [-0.1, -0.05) is 12.1 Å². The Morgan fingerprint density at radius 3 is 2.24 bits per heavy atom. The first-order chi connectivity index (χ1) is 16.4. The van der Waals surface area contributed by atoms with E-state index in [0.717, 1.165) is 0 Å². The largest absolute Gasteiger partial charge is 0.507 e. The molecular formula is C25H29NO8. The van der Waals surface area contributed by atoms with Crippen LogP contribution in [-0.4, -0.2) is 70.4 Å². The lowest BCUT2D eigenvalue weighted by Crippen LogP contribution is -2.31. The molecule has 2 aromatic carbocycles. The lowest BCUT2D eigenvalue weighted by atomic mass is 9.94. The van der Waals surface area contributed by atoms with Gasteiger partial charge in [-0.2, -0.15) is 0 Å². The number of amides is 1. The minimum Gasteiger partial charge on any atom is -0.507 e. The number of benzene rings is 2. The van der Waals surface area contributed by atoms with Gasteiger partial charge >= 0.3 is 0 Å². The Kier molecular flexibility index (Phi) is 8.01. The quantitative estimate of drug-likeness (QED) is 0.244. The third kappa shape index (κ3) is 4.51. The number of likely N-dealkylation sites (tertiary alicyclic amines) is 1. The van der Waals surface area contributed by atoms with Crippen LogP contribution in [0.2, 0.25) is 0 Å². The zero-order chi connectivity index (χ0) is 24.8. The number of methoxy groups -OCH3 is 5. The smallest absolute Gasteiger partial charge is 0.295 e. The van der Waals surface area contributed by atoms with E-state index in [2.05, 4.69) is 0 Å². The molecule has 0 radical (unpaired) electrons. The van der Waals surface area contributed by atoms with E-state index in [0.29, 0.717) is 47.2 Å². The molecule has 0 aromatic heterocycles. The van der Waals surface area contributed by atoms with Crippen LogP contribution in [-0.2, 0) is 14.3 Å². The third-order valence-electron chi connectivity index (χ3n) is 5.67. The van der Waals surface area contributed by atoms with E-state index >= 15 is 0 Å². The highest BCUT2D eigenvalue weighted by Crippen LogP contribution is 2.46. The van der Waals surface area contributed by atoms with E-state index in [-0.39, 0.29) is 17.9 Å². The molecule has 1 heterocycles. The van der Waals surface area contributed by atoms with E-state index < -0.39 is 17.7 Å². The monoisotopic (exact) mass is 471 g/mol. The number of para-hydroxylation sites is 1. The van der Waals surface area contributed by atoms with Crippen molar-refractivity contribution in [2.45, 2.75) is 12.5 Å². The van der Waals surface area contributed by atoms with Gasteiger partial charge in [0.1, 0.15) is 5.76 Å². The van der Waals surface area contributed by atoms with Gasteiger partial charge in [0.15, 0.2) is 23.0 Å². The number of ketones is 1. The van der Waals surface area contributed by atoms with Gasteiger partial charge in [-0.3, -0.25) is 9.59 Å². The van der Waals surface area contributed by atoms with Crippen LogP contribution in [0, 0.1) is 0 Å². The van der Waals surface area contributed by atoms with Crippen LogP contribution >= 0.6 is 0 Å². The van der Waals surface area contributed by atoms with Gasteiger partial charge in [0.2, 0.25) is 0 Å². The lowest BCUT2D eigenvalue weighted by Gasteiger charge is -2.27. The molecule has 1 aliphatic heterocycles. The number of hydrogen-bond acceptors (Lipinski definition) is 8. The van der Waals surface area contributed by atoms with Crippen molar-refractivity contribution in [3.8, 4) is 23.0 Å². The number of ether oxygens (including phenoxy) is 5. The second-order valence-electron chi connectivity index (χ2n) is 7.49. The molecular weight excluding hydrogens is 442 g/mol. The number of rotatable bonds is 10. The van der Waals surface area contributed by atoms with Gasteiger partial charge in [0, 0.05) is 31.4 Å². The van der Waals surface area contributed by atoms with Crippen LogP contribution < -0.4 is 18.9 Å². The number of carbonyl (C=O) groups excluding carboxylic acids is 2. The Balaban J connectivity index is 2.23. The summed E-state index contributed by atoms with van der Waals surface area (Å²) in [6.07, 6.45) is 0.503. The van der Waals surface area contributed by atoms with Crippen molar-refractivity contribution in [3.05, 3.63) is 53.1 Å².